The number of amides is 1. The fraction of sp³-hybridized carbons (Fsp3) is 0. The van der Waals surface area contributed by atoms with Gasteiger partial charge in [0.05, 0.1) is 22.8 Å². The lowest BCUT2D eigenvalue weighted by molar-refractivity contribution is 0.102. The van der Waals surface area contributed by atoms with Crippen molar-refractivity contribution in [2.24, 2.45) is 0 Å². The third kappa shape index (κ3) is 4.25. The summed E-state index contributed by atoms with van der Waals surface area (Å²) in [5, 5.41) is 12.0. The topological polar surface area (TPSA) is 95.7 Å². The van der Waals surface area contributed by atoms with E-state index in [4.69, 9.17) is 16.9 Å². The Balaban J connectivity index is 1.65. The Kier molecular flexibility index (Phi) is 5.39. The van der Waals surface area contributed by atoms with Crippen LogP contribution in [-0.4, -0.2) is 21.7 Å². The van der Waals surface area contributed by atoms with Crippen molar-refractivity contribution < 1.29 is 14.0 Å². The van der Waals surface area contributed by atoms with E-state index in [9.17, 15) is 14.0 Å². The average Bonchev–Trinajstić information content (AvgIpc) is 2.79. The van der Waals surface area contributed by atoms with E-state index in [-0.39, 0.29) is 22.5 Å². The number of rotatable bonds is 4. The molecule has 0 saturated carbocycles. The maximum absolute atomic E-state index is 14.4. The van der Waals surface area contributed by atoms with Crippen LogP contribution in [0.3, 0.4) is 0 Å². The summed E-state index contributed by atoms with van der Waals surface area (Å²) >= 11 is 5.91. The van der Waals surface area contributed by atoms with E-state index >= 15 is 0 Å². The third-order valence-corrected chi connectivity index (χ3v) is 4.71. The summed E-state index contributed by atoms with van der Waals surface area (Å²) in [5.41, 5.74) is 1.48. The highest BCUT2D eigenvalue weighted by Gasteiger charge is 2.17. The number of anilines is 1. The highest BCUT2D eigenvalue weighted by atomic mass is 35.5. The molecule has 0 bridgehead atoms. The molecule has 6 nitrogen and oxygen atoms in total. The maximum atomic E-state index is 14.4. The van der Waals surface area contributed by atoms with Crippen LogP contribution >= 0.6 is 11.6 Å². The number of nitriles is 1. The van der Waals surface area contributed by atoms with E-state index < -0.39 is 17.5 Å². The first-order valence-electron chi connectivity index (χ1n) is 9.02. The number of halogens is 2. The zero-order chi connectivity index (χ0) is 22.0. The summed E-state index contributed by atoms with van der Waals surface area (Å²) < 4.78 is 14.4. The Morgan fingerprint density at radius 3 is 2.61 bits per heavy atom. The fourth-order valence-electron chi connectivity index (χ4n) is 2.97. The van der Waals surface area contributed by atoms with Crippen LogP contribution in [0.15, 0.2) is 66.9 Å². The highest BCUT2D eigenvalue weighted by molar-refractivity contribution is 6.31. The van der Waals surface area contributed by atoms with Crippen LogP contribution in [0.4, 0.5) is 10.1 Å². The van der Waals surface area contributed by atoms with Crippen molar-refractivity contribution in [3.63, 3.8) is 0 Å². The van der Waals surface area contributed by atoms with Crippen molar-refractivity contribution in [2.75, 3.05) is 5.32 Å². The van der Waals surface area contributed by atoms with Crippen molar-refractivity contribution in [1.29, 1.82) is 5.26 Å². The van der Waals surface area contributed by atoms with Crippen LogP contribution in [0.2, 0.25) is 5.02 Å². The molecule has 1 N–H and O–H groups in total. The number of nitrogens with zero attached hydrogens (tertiary/aromatic N) is 3. The van der Waals surface area contributed by atoms with Gasteiger partial charge in [0.25, 0.3) is 5.91 Å². The molecule has 31 heavy (non-hydrogen) atoms. The molecule has 4 rings (SSSR count). The Morgan fingerprint density at radius 1 is 1.00 bits per heavy atom. The van der Waals surface area contributed by atoms with Crippen LogP contribution in [0, 0.1) is 17.1 Å². The van der Waals surface area contributed by atoms with E-state index in [0.717, 1.165) is 6.07 Å². The van der Waals surface area contributed by atoms with Crippen molar-refractivity contribution in [2.45, 2.75) is 0 Å². The minimum atomic E-state index is -0.734. The van der Waals surface area contributed by atoms with Gasteiger partial charge in [0.1, 0.15) is 11.9 Å². The van der Waals surface area contributed by atoms with Crippen LogP contribution in [0.5, 0.6) is 0 Å². The smallest absolute Gasteiger partial charge is 0.255 e. The second kappa shape index (κ2) is 8.30. The summed E-state index contributed by atoms with van der Waals surface area (Å²) in [6.07, 6.45) is 1.33. The highest BCUT2D eigenvalue weighted by Crippen LogP contribution is 2.21. The van der Waals surface area contributed by atoms with Gasteiger partial charge in [-0.25, -0.2) is 9.37 Å². The Hall–Kier alpha value is -4.15. The van der Waals surface area contributed by atoms with Gasteiger partial charge in [-0.15, -0.1) is 0 Å². The number of benzene rings is 3. The molecule has 1 aromatic heterocycles. The fourth-order valence-corrected chi connectivity index (χ4v) is 3.16. The van der Waals surface area contributed by atoms with Crippen LogP contribution < -0.4 is 5.32 Å². The molecule has 0 aliphatic carbocycles. The van der Waals surface area contributed by atoms with Crippen LogP contribution in [-0.2, 0) is 0 Å². The van der Waals surface area contributed by atoms with E-state index in [2.05, 4.69) is 15.3 Å². The minimum absolute atomic E-state index is 0.106. The van der Waals surface area contributed by atoms with Crippen LogP contribution in [0.25, 0.3) is 11.0 Å². The Bertz CT molecular complexity index is 1400. The van der Waals surface area contributed by atoms with Gasteiger partial charge in [-0.05, 0) is 54.6 Å². The zero-order valence-corrected chi connectivity index (χ0v) is 16.5. The summed E-state index contributed by atoms with van der Waals surface area (Å²) in [6.45, 7) is 0. The van der Waals surface area contributed by atoms with Gasteiger partial charge in [0.2, 0.25) is 0 Å². The van der Waals surface area contributed by atoms with Crippen molar-refractivity contribution >= 4 is 40.0 Å². The number of hydrogen-bond acceptors (Lipinski definition) is 5. The second-order valence-electron chi connectivity index (χ2n) is 6.56. The molecule has 1 heterocycles. The average molecular weight is 431 g/mol. The molecule has 0 fully saturated rings. The number of carbonyl (C=O) groups is 2. The molecule has 0 atom stereocenters. The quantitative estimate of drug-likeness (QED) is 0.470. The maximum Gasteiger partial charge on any atom is 0.255 e. The number of nitrogens with one attached hydrogen (secondary N) is 1. The van der Waals surface area contributed by atoms with Gasteiger partial charge in [-0.2, -0.15) is 5.26 Å². The van der Waals surface area contributed by atoms with Gasteiger partial charge < -0.3 is 5.32 Å². The molecule has 150 valence electrons. The zero-order valence-electron chi connectivity index (χ0n) is 15.8. The predicted octanol–water partition coefficient (Wildman–Crippen LogP) is 4.78. The Labute approximate surface area is 180 Å². The van der Waals surface area contributed by atoms with Crippen molar-refractivity contribution in [1.82, 2.24) is 9.97 Å². The Morgan fingerprint density at radius 2 is 1.84 bits per heavy atom. The lowest BCUT2D eigenvalue weighted by atomic mass is 10.0. The molecular formula is C23H12ClFN4O2. The third-order valence-electron chi connectivity index (χ3n) is 4.47. The number of hydrogen-bond donors (Lipinski definition) is 1. The number of ketones is 1. The first kappa shape index (κ1) is 20.1. The molecule has 1 amide bonds. The predicted molar refractivity (Wildman–Crippen MR) is 113 cm³/mol. The second-order valence-corrected chi connectivity index (χ2v) is 7.00. The number of carbonyl (C=O) groups excluding carboxylic acids is 2. The van der Waals surface area contributed by atoms with E-state index in [1.165, 1.54) is 36.5 Å². The van der Waals surface area contributed by atoms with Crippen molar-refractivity contribution in [3.05, 3.63) is 100 Å². The first-order valence-corrected chi connectivity index (χ1v) is 9.40. The lowest BCUT2D eigenvalue weighted by Crippen LogP contribution is -2.13. The monoisotopic (exact) mass is 430 g/mol. The van der Waals surface area contributed by atoms with Gasteiger partial charge in [0.15, 0.2) is 11.5 Å². The molecule has 8 heteroatoms. The molecule has 0 radical (unpaired) electrons. The van der Waals surface area contributed by atoms with E-state index in [1.54, 1.807) is 24.3 Å². The van der Waals surface area contributed by atoms with Crippen LogP contribution in [0.1, 0.15) is 32.0 Å². The molecule has 4 aromatic rings. The normalized spacial score (nSPS) is 10.5. The molecule has 0 spiro atoms. The summed E-state index contributed by atoms with van der Waals surface area (Å²) in [5.74, 6) is -1.78. The van der Waals surface area contributed by atoms with Gasteiger partial charge in [-0.1, -0.05) is 17.7 Å². The first-order chi connectivity index (χ1) is 14.9. The van der Waals surface area contributed by atoms with Gasteiger partial charge in [-0.3, -0.25) is 14.6 Å². The summed E-state index contributed by atoms with van der Waals surface area (Å²) in [4.78, 5) is 33.6. The lowest BCUT2D eigenvalue weighted by Gasteiger charge is -2.09. The van der Waals surface area contributed by atoms with E-state index in [1.807, 2.05) is 6.07 Å². The summed E-state index contributed by atoms with van der Waals surface area (Å²) in [7, 11) is 0. The van der Waals surface area contributed by atoms with Crippen molar-refractivity contribution in [3.8, 4) is 6.07 Å². The molecule has 0 aliphatic heterocycles. The summed E-state index contributed by atoms with van der Waals surface area (Å²) in [6, 6.07) is 16.5. The molecule has 0 aliphatic rings. The molecule has 0 unspecified atom stereocenters. The molecule has 3 aromatic carbocycles. The van der Waals surface area contributed by atoms with Gasteiger partial charge in [0, 0.05) is 21.8 Å². The van der Waals surface area contributed by atoms with E-state index in [0.29, 0.717) is 21.6 Å². The standard InChI is InChI=1S/C23H12ClFN4O2/c24-15-3-1-2-14(8-15)23(31)29-16-5-6-19(25)18(10-16)22(30)13-4-7-20-21(9-13)28-17(11-26)12-27-20/h1-10,12H,(H,29,31). The SMILES string of the molecule is N#Cc1cnc2ccc(C(=O)c3cc(NC(=O)c4cccc(Cl)c4)ccc3F)cc2n1. The molecular weight excluding hydrogens is 419 g/mol. The largest absolute Gasteiger partial charge is 0.322 e. The number of fused-ring (bicyclic) bond motifs is 1. The minimum Gasteiger partial charge on any atom is -0.322 e. The number of aromatic nitrogens is 2. The molecule has 0 saturated heterocycles. The van der Waals surface area contributed by atoms with Gasteiger partial charge >= 0.3 is 0 Å².